The summed E-state index contributed by atoms with van der Waals surface area (Å²) >= 11 is 0. The number of hydrogen-bond acceptors (Lipinski definition) is 3. The van der Waals surface area contributed by atoms with E-state index in [0.717, 1.165) is 11.1 Å². The van der Waals surface area contributed by atoms with Gasteiger partial charge < -0.3 is 10.4 Å². The van der Waals surface area contributed by atoms with Crippen molar-refractivity contribution in [1.82, 2.24) is 10.6 Å². The lowest BCUT2D eigenvalue weighted by Crippen LogP contribution is -2.50. The van der Waals surface area contributed by atoms with Crippen LogP contribution in [-0.4, -0.2) is 29.1 Å². The zero-order chi connectivity index (χ0) is 15.3. The molecule has 0 aliphatic heterocycles. The van der Waals surface area contributed by atoms with Crippen molar-refractivity contribution in [1.29, 1.82) is 0 Å². The lowest BCUT2D eigenvalue weighted by Gasteiger charge is -2.22. The second kappa shape index (κ2) is 6.52. The summed E-state index contributed by atoms with van der Waals surface area (Å²) in [7, 11) is 0. The van der Waals surface area contributed by atoms with Crippen LogP contribution in [0.4, 0.5) is 0 Å². The molecule has 3 N–H and O–H groups in total. The topological polar surface area (TPSA) is 78.4 Å². The smallest absolute Gasteiger partial charge is 0.323 e. The zero-order valence-corrected chi connectivity index (χ0v) is 12.4. The van der Waals surface area contributed by atoms with Gasteiger partial charge in [0.25, 0.3) is 0 Å². The van der Waals surface area contributed by atoms with Gasteiger partial charge in [0.15, 0.2) is 0 Å². The Morgan fingerprint density at radius 2 is 1.90 bits per heavy atom. The zero-order valence-electron chi connectivity index (χ0n) is 12.4. The Balaban J connectivity index is 2.55. The van der Waals surface area contributed by atoms with Crippen molar-refractivity contribution in [2.75, 3.05) is 6.54 Å². The van der Waals surface area contributed by atoms with Gasteiger partial charge in [0.05, 0.1) is 12.6 Å². The number of benzene rings is 1. The van der Waals surface area contributed by atoms with Crippen LogP contribution in [0.5, 0.6) is 0 Å². The number of rotatable bonds is 6. The fourth-order valence-electron chi connectivity index (χ4n) is 1.82. The summed E-state index contributed by atoms with van der Waals surface area (Å²) in [6, 6.07) is 7.72. The maximum absolute atomic E-state index is 11.8. The average molecular weight is 278 g/mol. The first-order valence-electron chi connectivity index (χ1n) is 6.57. The molecule has 1 rings (SSSR count). The van der Waals surface area contributed by atoms with Crippen LogP contribution in [0.25, 0.3) is 0 Å². The van der Waals surface area contributed by atoms with Crippen molar-refractivity contribution in [2.24, 2.45) is 0 Å². The highest BCUT2D eigenvalue weighted by atomic mass is 16.4. The number of amides is 1. The number of nitrogens with one attached hydrogen (secondary N) is 2. The van der Waals surface area contributed by atoms with E-state index in [1.807, 2.05) is 38.1 Å². The second-order valence-electron chi connectivity index (χ2n) is 5.43. The van der Waals surface area contributed by atoms with Crippen LogP contribution in [0.15, 0.2) is 24.3 Å². The van der Waals surface area contributed by atoms with E-state index in [4.69, 9.17) is 5.11 Å². The van der Waals surface area contributed by atoms with E-state index in [1.165, 1.54) is 13.8 Å². The summed E-state index contributed by atoms with van der Waals surface area (Å²) in [4.78, 5) is 22.8. The van der Waals surface area contributed by atoms with Gasteiger partial charge in [-0.05, 0) is 38.8 Å². The molecule has 0 saturated carbocycles. The fraction of sp³-hybridized carbons (Fsp3) is 0.467. The van der Waals surface area contributed by atoms with Crippen LogP contribution in [0.2, 0.25) is 0 Å². The van der Waals surface area contributed by atoms with Gasteiger partial charge in [-0.1, -0.05) is 24.3 Å². The highest BCUT2D eigenvalue weighted by molar-refractivity contribution is 5.81. The van der Waals surface area contributed by atoms with Gasteiger partial charge in [-0.2, -0.15) is 0 Å². The van der Waals surface area contributed by atoms with Crippen molar-refractivity contribution in [3.05, 3.63) is 35.4 Å². The Kier molecular flexibility index (Phi) is 5.27. The molecule has 0 saturated heterocycles. The predicted molar refractivity (Wildman–Crippen MR) is 77.5 cm³/mol. The van der Waals surface area contributed by atoms with Crippen molar-refractivity contribution in [3.8, 4) is 0 Å². The van der Waals surface area contributed by atoms with Crippen LogP contribution >= 0.6 is 0 Å². The van der Waals surface area contributed by atoms with Crippen LogP contribution < -0.4 is 10.6 Å². The molecular weight excluding hydrogens is 256 g/mol. The van der Waals surface area contributed by atoms with Gasteiger partial charge in [-0.25, -0.2) is 0 Å². The minimum absolute atomic E-state index is 0.0322. The van der Waals surface area contributed by atoms with Gasteiger partial charge in [0, 0.05) is 0 Å². The quantitative estimate of drug-likeness (QED) is 0.739. The fourth-order valence-corrected chi connectivity index (χ4v) is 1.82. The molecule has 5 nitrogen and oxygen atoms in total. The molecular formula is C15H22N2O3. The van der Waals surface area contributed by atoms with Gasteiger partial charge >= 0.3 is 5.97 Å². The number of carbonyl (C=O) groups is 2. The maximum atomic E-state index is 11.8. The highest BCUT2D eigenvalue weighted by Gasteiger charge is 2.27. The number of carboxylic acid groups (broad SMARTS) is 1. The predicted octanol–water partition coefficient (Wildman–Crippen LogP) is 1.63. The largest absolute Gasteiger partial charge is 0.480 e. The molecule has 1 atom stereocenters. The van der Waals surface area contributed by atoms with Gasteiger partial charge in [-0.15, -0.1) is 0 Å². The maximum Gasteiger partial charge on any atom is 0.323 e. The molecule has 0 aliphatic carbocycles. The normalized spacial score (nSPS) is 12.8. The molecule has 1 aromatic rings. The van der Waals surface area contributed by atoms with Crippen molar-refractivity contribution >= 4 is 11.9 Å². The molecule has 1 aromatic carbocycles. The lowest BCUT2D eigenvalue weighted by atomic mass is 10.0. The van der Waals surface area contributed by atoms with E-state index in [-0.39, 0.29) is 18.5 Å². The molecule has 110 valence electrons. The van der Waals surface area contributed by atoms with Crippen molar-refractivity contribution in [2.45, 2.75) is 39.3 Å². The molecule has 20 heavy (non-hydrogen) atoms. The lowest BCUT2D eigenvalue weighted by molar-refractivity contribution is -0.143. The Morgan fingerprint density at radius 1 is 1.30 bits per heavy atom. The van der Waals surface area contributed by atoms with Gasteiger partial charge in [0.1, 0.15) is 5.54 Å². The third-order valence-corrected chi connectivity index (χ3v) is 3.26. The SMILES string of the molecule is Cc1ccccc1C(C)NC(=O)CNC(C)(C)C(=O)O. The van der Waals surface area contributed by atoms with E-state index in [1.54, 1.807) is 0 Å². The molecule has 0 heterocycles. The summed E-state index contributed by atoms with van der Waals surface area (Å²) < 4.78 is 0. The third kappa shape index (κ3) is 4.35. The first-order valence-corrected chi connectivity index (χ1v) is 6.57. The summed E-state index contributed by atoms with van der Waals surface area (Å²) in [5.74, 6) is -1.22. The standard InChI is InChI=1S/C15H22N2O3/c1-10-7-5-6-8-12(10)11(2)17-13(18)9-16-15(3,4)14(19)20/h5-8,11,16H,9H2,1-4H3,(H,17,18)(H,19,20). The molecule has 5 heteroatoms. The Labute approximate surface area is 119 Å². The van der Waals surface area contributed by atoms with Crippen LogP contribution in [-0.2, 0) is 9.59 Å². The Morgan fingerprint density at radius 3 is 2.45 bits per heavy atom. The second-order valence-corrected chi connectivity index (χ2v) is 5.43. The minimum Gasteiger partial charge on any atom is -0.480 e. The summed E-state index contributed by atoms with van der Waals surface area (Å²) in [5.41, 5.74) is 1.04. The van der Waals surface area contributed by atoms with E-state index in [2.05, 4.69) is 10.6 Å². The average Bonchev–Trinajstić information content (AvgIpc) is 2.36. The van der Waals surface area contributed by atoms with Gasteiger partial charge in [0.2, 0.25) is 5.91 Å². The summed E-state index contributed by atoms with van der Waals surface area (Å²) in [6.45, 7) is 6.91. The first-order chi connectivity index (χ1) is 9.24. The molecule has 1 amide bonds. The molecule has 1 unspecified atom stereocenters. The van der Waals surface area contributed by atoms with E-state index in [9.17, 15) is 9.59 Å². The molecule has 0 spiro atoms. The minimum atomic E-state index is -1.12. The third-order valence-electron chi connectivity index (χ3n) is 3.26. The van der Waals surface area contributed by atoms with E-state index >= 15 is 0 Å². The van der Waals surface area contributed by atoms with E-state index in [0.29, 0.717) is 0 Å². The molecule has 0 bridgehead atoms. The summed E-state index contributed by atoms with van der Waals surface area (Å²) in [5, 5.41) is 14.5. The van der Waals surface area contributed by atoms with Crippen LogP contribution in [0.3, 0.4) is 0 Å². The molecule has 0 radical (unpaired) electrons. The van der Waals surface area contributed by atoms with Crippen molar-refractivity contribution in [3.63, 3.8) is 0 Å². The van der Waals surface area contributed by atoms with E-state index < -0.39 is 11.5 Å². The number of aryl methyl sites for hydroxylation is 1. The highest BCUT2D eigenvalue weighted by Crippen LogP contribution is 2.16. The molecule has 0 aliphatic rings. The first kappa shape index (κ1) is 16.2. The monoisotopic (exact) mass is 278 g/mol. The van der Waals surface area contributed by atoms with Crippen molar-refractivity contribution < 1.29 is 14.7 Å². The summed E-state index contributed by atoms with van der Waals surface area (Å²) in [6.07, 6.45) is 0. The molecule has 0 aromatic heterocycles. The number of aliphatic carboxylic acids is 1. The van der Waals surface area contributed by atoms with Crippen LogP contribution in [0, 0.1) is 6.92 Å². The molecule has 0 fully saturated rings. The number of hydrogen-bond donors (Lipinski definition) is 3. The number of carboxylic acids is 1. The Bertz CT molecular complexity index is 498. The number of carbonyl (C=O) groups excluding carboxylic acids is 1. The Hall–Kier alpha value is -1.88. The van der Waals surface area contributed by atoms with Crippen LogP contribution in [0.1, 0.15) is 37.9 Å². The van der Waals surface area contributed by atoms with Gasteiger partial charge in [-0.3, -0.25) is 14.9 Å².